The van der Waals surface area contributed by atoms with E-state index in [0.29, 0.717) is 25.2 Å². The number of non-ortho nitro benzene ring substituents is 1. The summed E-state index contributed by atoms with van der Waals surface area (Å²) >= 11 is 5.93. The second kappa shape index (κ2) is 8.53. The SMILES string of the molecule is O=C(NCCCNC(=O)c1ccc([N+](=O)[O-])cc1Cl)c1cc2ccccc2[nH]1. The first kappa shape index (κ1) is 19.4. The third kappa shape index (κ3) is 4.47. The largest absolute Gasteiger partial charge is 0.352 e. The molecule has 0 saturated carbocycles. The zero-order valence-electron chi connectivity index (χ0n) is 14.7. The molecule has 0 spiro atoms. The van der Waals surface area contributed by atoms with Crippen molar-refractivity contribution < 1.29 is 14.5 Å². The highest BCUT2D eigenvalue weighted by atomic mass is 35.5. The average molecular weight is 401 g/mol. The van der Waals surface area contributed by atoms with Gasteiger partial charge in [0.05, 0.1) is 15.5 Å². The third-order valence-corrected chi connectivity index (χ3v) is 4.42. The predicted octanol–water partition coefficient (Wildman–Crippen LogP) is 3.28. The zero-order chi connectivity index (χ0) is 20.1. The number of amides is 2. The number of nitrogens with one attached hydrogen (secondary N) is 3. The van der Waals surface area contributed by atoms with Crippen LogP contribution in [0.25, 0.3) is 10.9 Å². The molecule has 0 bridgehead atoms. The van der Waals surface area contributed by atoms with Gasteiger partial charge in [0.15, 0.2) is 0 Å². The summed E-state index contributed by atoms with van der Waals surface area (Å²) in [6.45, 7) is 0.696. The van der Waals surface area contributed by atoms with Crippen molar-refractivity contribution in [3.63, 3.8) is 0 Å². The van der Waals surface area contributed by atoms with Gasteiger partial charge in [-0.25, -0.2) is 0 Å². The highest BCUT2D eigenvalue weighted by Crippen LogP contribution is 2.22. The van der Waals surface area contributed by atoms with Crippen LogP contribution in [0.3, 0.4) is 0 Å². The molecule has 3 N–H and O–H groups in total. The van der Waals surface area contributed by atoms with Crippen molar-refractivity contribution in [2.24, 2.45) is 0 Å². The van der Waals surface area contributed by atoms with E-state index in [1.54, 1.807) is 6.07 Å². The zero-order valence-corrected chi connectivity index (χ0v) is 15.5. The Hall–Kier alpha value is -3.39. The number of nitro benzene ring substituents is 1. The molecule has 8 nitrogen and oxygen atoms in total. The molecule has 0 aliphatic rings. The molecule has 3 aromatic rings. The maximum atomic E-state index is 12.2. The van der Waals surface area contributed by atoms with Crippen molar-refractivity contribution >= 4 is 40.0 Å². The molecular weight excluding hydrogens is 384 g/mol. The molecular formula is C19H17ClN4O4. The number of carbonyl (C=O) groups excluding carboxylic acids is 2. The molecule has 0 aliphatic carbocycles. The van der Waals surface area contributed by atoms with E-state index < -0.39 is 10.8 Å². The quantitative estimate of drug-likeness (QED) is 0.320. The van der Waals surface area contributed by atoms with Gasteiger partial charge in [0.25, 0.3) is 17.5 Å². The fourth-order valence-electron chi connectivity index (χ4n) is 2.68. The van der Waals surface area contributed by atoms with Gasteiger partial charge in [-0.2, -0.15) is 0 Å². The number of benzene rings is 2. The molecule has 0 atom stereocenters. The minimum absolute atomic E-state index is 0.0128. The first-order chi connectivity index (χ1) is 13.5. The molecule has 1 aromatic heterocycles. The number of hydrogen-bond donors (Lipinski definition) is 3. The smallest absolute Gasteiger partial charge is 0.270 e. The molecule has 9 heteroatoms. The van der Waals surface area contributed by atoms with E-state index in [4.69, 9.17) is 11.6 Å². The number of H-pyrrole nitrogens is 1. The number of nitrogens with zero attached hydrogens (tertiary/aromatic N) is 1. The molecule has 144 valence electrons. The van der Waals surface area contributed by atoms with Crippen LogP contribution in [0.2, 0.25) is 5.02 Å². The molecule has 2 aromatic carbocycles. The van der Waals surface area contributed by atoms with Crippen LogP contribution in [-0.2, 0) is 0 Å². The first-order valence-electron chi connectivity index (χ1n) is 8.54. The van der Waals surface area contributed by atoms with E-state index in [9.17, 15) is 19.7 Å². The minimum Gasteiger partial charge on any atom is -0.352 e. The molecule has 1 heterocycles. The maximum absolute atomic E-state index is 12.2. The molecule has 0 aliphatic heterocycles. The van der Waals surface area contributed by atoms with Crippen LogP contribution in [-0.4, -0.2) is 34.8 Å². The molecule has 28 heavy (non-hydrogen) atoms. The fraction of sp³-hybridized carbons (Fsp3) is 0.158. The summed E-state index contributed by atoms with van der Waals surface area (Å²) in [5, 5.41) is 17.1. The summed E-state index contributed by atoms with van der Waals surface area (Å²) < 4.78 is 0. The van der Waals surface area contributed by atoms with Gasteiger partial charge in [-0.3, -0.25) is 19.7 Å². The van der Waals surface area contributed by atoms with Crippen molar-refractivity contribution in [3.05, 3.63) is 74.9 Å². The van der Waals surface area contributed by atoms with Crippen LogP contribution in [0.5, 0.6) is 0 Å². The first-order valence-corrected chi connectivity index (χ1v) is 8.91. The molecule has 0 radical (unpaired) electrons. The van der Waals surface area contributed by atoms with Gasteiger partial charge in [-0.1, -0.05) is 29.8 Å². The number of para-hydroxylation sites is 1. The van der Waals surface area contributed by atoms with Crippen LogP contribution < -0.4 is 10.6 Å². The Bertz CT molecular complexity index is 1010. The number of carbonyl (C=O) groups is 2. The van der Waals surface area contributed by atoms with Crippen molar-refractivity contribution in [3.8, 4) is 0 Å². The Labute approximate surface area is 165 Å². The number of hydrogen-bond acceptors (Lipinski definition) is 4. The highest BCUT2D eigenvalue weighted by Gasteiger charge is 2.14. The van der Waals surface area contributed by atoms with E-state index in [2.05, 4.69) is 15.6 Å². The van der Waals surface area contributed by atoms with Gasteiger partial charge in [0, 0.05) is 36.1 Å². The average Bonchev–Trinajstić information content (AvgIpc) is 3.11. The van der Waals surface area contributed by atoms with E-state index >= 15 is 0 Å². The van der Waals surface area contributed by atoms with Gasteiger partial charge >= 0.3 is 0 Å². The lowest BCUT2D eigenvalue weighted by atomic mass is 10.2. The van der Waals surface area contributed by atoms with Crippen LogP contribution >= 0.6 is 11.6 Å². The number of fused-ring (bicyclic) bond motifs is 1. The predicted molar refractivity (Wildman–Crippen MR) is 106 cm³/mol. The Balaban J connectivity index is 1.44. The Morgan fingerprint density at radius 1 is 1.04 bits per heavy atom. The lowest BCUT2D eigenvalue weighted by Crippen LogP contribution is -2.30. The van der Waals surface area contributed by atoms with E-state index in [1.807, 2.05) is 24.3 Å². The van der Waals surface area contributed by atoms with Crippen LogP contribution in [0.15, 0.2) is 48.5 Å². The number of aromatic nitrogens is 1. The highest BCUT2D eigenvalue weighted by molar-refractivity contribution is 6.34. The number of halogens is 1. The summed E-state index contributed by atoms with van der Waals surface area (Å²) in [5.74, 6) is -0.650. The van der Waals surface area contributed by atoms with Gasteiger partial charge in [0.1, 0.15) is 5.69 Å². The Morgan fingerprint density at radius 2 is 1.75 bits per heavy atom. The maximum Gasteiger partial charge on any atom is 0.270 e. The molecule has 0 saturated heterocycles. The van der Waals surface area contributed by atoms with Gasteiger partial charge in [0.2, 0.25) is 0 Å². The van der Waals surface area contributed by atoms with E-state index in [1.165, 1.54) is 12.1 Å². The summed E-state index contributed by atoms with van der Waals surface area (Å²) in [7, 11) is 0. The van der Waals surface area contributed by atoms with Crippen molar-refractivity contribution in [1.82, 2.24) is 15.6 Å². The number of aromatic amines is 1. The van der Waals surface area contributed by atoms with Gasteiger partial charge in [-0.15, -0.1) is 0 Å². The van der Waals surface area contributed by atoms with Crippen molar-refractivity contribution in [2.45, 2.75) is 6.42 Å². The van der Waals surface area contributed by atoms with E-state index in [-0.39, 0.29) is 22.2 Å². The van der Waals surface area contributed by atoms with Crippen molar-refractivity contribution in [1.29, 1.82) is 0 Å². The lowest BCUT2D eigenvalue weighted by molar-refractivity contribution is -0.384. The molecule has 0 fully saturated rings. The number of rotatable bonds is 7. The standard InChI is InChI=1S/C19H17ClN4O4/c20-15-11-13(24(27)28)6-7-14(15)18(25)21-8-3-9-22-19(26)17-10-12-4-1-2-5-16(12)23-17/h1-2,4-7,10-11,23H,3,8-9H2,(H,21,25)(H,22,26). The van der Waals surface area contributed by atoms with Crippen molar-refractivity contribution in [2.75, 3.05) is 13.1 Å². The Morgan fingerprint density at radius 3 is 2.43 bits per heavy atom. The van der Waals surface area contributed by atoms with Gasteiger partial charge < -0.3 is 15.6 Å². The van der Waals surface area contributed by atoms with Crippen LogP contribution in [0, 0.1) is 10.1 Å². The fourth-order valence-corrected chi connectivity index (χ4v) is 2.94. The second-order valence-electron chi connectivity index (χ2n) is 6.06. The summed E-state index contributed by atoms with van der Waals surface area (Å²) in [4.78, 5) is 37.4. The lowest BCUT2D eigenvalue weighted by Gasteiger charge is -2.07. The van der Waals surface area contributed by atoms with Crippen LogP contribution in [0.4, 0.5) is 5.69 Å². The number of nitro groups is 1. The van der Waals surface area contributed by atoms with Gasteiger partial charge in [-0.05, 0) is 24.6 Å². The van der Waals surface area contributed by atoms with Crippen LogP contribution in [0.1, 0.15) is 27.3 Å². The molecule has 2 amide bonds. The molecule has 0 unspecified atom stereocenters. The topological polar surface area (TPSA) is 117 Å². The summed E-state index contributed by atoms with van der Waals surface area (Å²) in [6.07, 6.45) is 0.516. The summed E-state index contributed by atoms with van der Waals surface area (Å²) in [5.41, 5.74) is 1.35. The second-order valence-corrected chi connectivity index (χ2v) is 6.46. The minimum atomic E-state index is -0.580. The summed E-state index contributed by atoms with van der Waals surface area (Å²) in [6, 6.07) is 13.1. The normalized spacial score (nSPS) is 10.6. The Kier molecular flexibility index (Phi) is 5.90. The molecule has 3 rings (SSSR count). The van der Waals surface area contributed by atoms with E-state index in [0.717, 1.165) is 17.0 Å². The monoisotopic (exact) mass is 400 g/mol. The third-order valence-electron chi connectivity index (χ3n) is 4.11.